The highest BCUT2D eigenvalue weighted by Gasteiger charge is 2.26. The normalized spacial score (nSPS) is 18.5. The van der Waals surface area contributed by atoms with E-state index in [1.165, 1.54) is 4.88 Å². The number of carbonyl (C=O) groups is 1. The van der Waals surface area contributed by atoms with E-state index in [1.807, 2.05) is 26.0 Å². The van der Waals surface area contributed by atoms with Gasteiger partial charge in [-0.2, -0.15) is 0 Å². The van der Waals surface area contributed by atoms with Crippen molar-refractivity contribution in [3.05, 3.63) is 39.5 Å². The third-order valence-electron chi connectivity index (χ3n) is 4.41. The van der Waals surface area contributed by atoms with Crippen molar-refractivity contribution in [2.75, 3.05) is 18.4 Å². The van der Waals surface area contributed by atoms with Crippen LogP contribution in [0.15, 0.2) is 18.3 Å². The largest absolute Gasteiger partial charge is 0.310 e. The lowest BCUT2D eigenvalue weighted by atomic mass is 9.97. The first-order valence-electron chi connectivity index (χ1n) is 8.40. The molecule has 1 atom stereocenters. The third-order valence-corrected chi connectivity index (χ3v) is 5.46. The van der Waals surface area contributed by atoms with Crippen LogP contribution in [0.2, 0.25) is 0 Å². The molecule has 0 radical (unpaired) electrons. The van der Waals surface area contributed by atoms with Gasteiger partial charge in [-0.05, 0) is 51.8 Å². The van der Waals surface area contributed by atoms with Crippen LogP contribution in [0.1, 0.15) is 34.0 Å². The van der Waals surface area contributed by atoms with Gasteiger partial charge in [-0.15, -0.1) is 11.3 Å². The van der Waals surface area contributed by atoms with Crippen molar-refractivity contribution in [3.8, 4) is 0 Å². The number of aromatic nitrogens is 2. The summed E-state index contributed by atoms with van der Waals surface area (Å²) in [4.78, 5) is 25.0. The van der Waals surface area contributed by atoms with Crippen LogP contribution in [0, 0.1) is 26.7 Å². The molecule has 0 aliphatic carbocycles. The fourth-order valence-corrected chi connectivity index (χ4v) is 4.09. The molecule has 3 rings (SSSR count). The topological polar surface area (TPSA) is 58.1 Å². The number of rotatable bonds is 4. The molecule has 1 fully saturated rings. The number of pyridine rings is 1. The summed E-state index contributed by atoms with van der Waals surface area (Å²) in [6.45, 7) is 8.83. The highest BCUT2D eigenvalue weighted by atomic mass is 32.1. The first-order chi connectivity index (χ1) is 11.5. The SMILES string of the molecule is Cc1ccc(NC(=O)C2CCCN(Cc3sc(C)nc3C)C2)nc1. The Labute approximate surface area is 147 Å². The molecule has 0 bridgehead atoms. The van der Waals surface area contributed by atoms with Gasteiger partial charge in [-0.3, -0.25) is 9.69 Å². The number of likely N-dealkylation sites (tertiary alicyclic amines) is 1. The lowest BCUT2D eigenvalue weighted by molar-refractivity contribution is -0.121. The van der Waals surface area contributed by atoms with E-state index in [4.69, 9.17) is 0 Å². The number of nitrogens with zero attached hydrogens (tertiary/aromatic N) is 3. The molecule has 0 saturated carbocycles. The second-order valence-corrected chi connectivity index (χ2v) is 7.81. The van der Waals surface area contributed by atoms with Crippen LogP contribution >= 0.6 is 11.3 Å². The van der Waals surface area contributed by atoms with Gasteiger partial charge in [0, 0.05) is 24.2 Å². The van der Waals surface area contributed by atoms with Gasteiger partial charge in [0.05, 0.1) is 16.6 Å². The monoisotopic (exact) mass is 344 g/mol. The molecule has 1 amide bonds. The molecule has 6 heteroatoms. The molecule has 24 heavy (non-hydrogen) atoms. The fourth-order valence-electron chi connectivity index (χ4n) is 3.11. The second-order valence-electron chi connectivity index (χ2n) is 6.53. The zero-order valence-electron chi connectivity index (χ0n) is 14.5. The van der Waals surface area contributed by atoms with Gasteiger partial charge < -0.3 is 5.32 Å². The summed E-state index contributed by atoms with van der Waals surface area (Å²) in [5.41, 5.74) is 2.21. The van der Waals surface area contributed by atoms with Crippen molar-refractivity contribution in [2.45, 2.75) is 40.2 Å². The molecule has 2 aromatic heterocycles. The predicted octanol–water partition coefficient (Wildman–Crippen LogP) is 3.31. The van der Waals surface area contributed by atoms with Crippen molar-refractivity contribution < 1.29 is 4.79 Å². The van der Waals surface area contributed by atoms with Gasteiger partial charge in [-0.25, -0.2) is 9.97 Å². The van der Waals surface area contributed by atoms with Crippen LogP contribution in [-0.4, -0.2) is 33.9 Å². The number of aryl methyl sites for hydroxylation is 3. The van der Waals surface area contributed by atoms with E-state index in [1.54, 1.807) is 17.5 Å². The molecule has 128 valence electrons. The first-order valence-corrected chi connectivity index (χ1v) is 9.21. The van der Waals surface area contributed by atoms with E-state index in [2.05, 4.69) is 27.1 Å². The van der Waals surface area contributed by atoms with E-state index in [0.717, 1.165) is 48.7 Å². The Morgan fingerprint density at radius 1 is 1.38 bits per heavy atom. The number of piperidine rings is 1. The number of amides is 1. The van der Waals surface area contributed by atoms with E-state index in [0.29, 0.717) is 5.82 Å². The lowest BCUT2D eigenvalue weighted by Gasteiger charge is -2.31. The summed E-state index contributed by atoms with van der Waals surface area (Å²) in [5.74, 6) is 0.737. The second kappa shape index (κ2) is 7.40. The van der Waals surface area contributed by atoms with Crippen molar-refractivity contribution in [2.24, 2.45) is 5.92 Å². The average molecular weight is 344 g/mol. The Kier molecular flexibility index (Phi) is 5.26. The van der Waals surface area contributed by atoms with Crippen LogP contribution in [0.4, 0.5) is 5.82 Å². The molecular weight excluding hydrogens is 320 g/mol. The Hall–Kier alpha value is -1.79. The maximum atomic E-state index is 12.5. The number of anilines is 1. The van der Waals surface area contributed by atoms with Crippen molar-refractivity contribution >= 4 is 23.1 Å². The minimum atomic E-state index is 0.0242. The van der Waals surface area contributed by atoms with Crippen LogP contribution in [0.5, 0.6) is 0 Å². The molecular formula is C18H24N4OS. The predicted molar refractivity (Wildman–Crippen MR) is 97.2 cm³/mol. The fraction of sp³-hybridized carbons (Fsp3) is 0.500. The number of carbonyl (C=O) groups excluding carboxylic acids is 1. The maximum Gasteiger partial charge on any atom is 0.229 e. The van der Waals surface area contributed by atoms with E-state index < -0.39 is 0 Å². The van der Waals surface area contributed by atoms with Crippen molar-refractivity contribution in [1.82, 2.24) is 14.9 Å². The summed E-state index contributed by atoms with van der Waals surface area (Å²) in [5, 5.41) is 4.06. The van der Waals surface area contributed by atoms with Crippen molar-refractivity contribution in [1.29, 1.82) is 0 Å². The number of hydrogen-bond acceptors (Lipinski definition) is 5. The highest BCUT2D eigenvalue weighted by molar-refractivity contribution is 7.11. The summed E-state index contributed by atoms with van der Waals surface area (Å²) in [6, 6.07) is 3.82. The van der Waals surface area contributed by atoms with Gasteiger partial charge in [0.15, 0.2) is 0 Å². The summed E-state index contributed by atoms with van der Waals surface area (Å²) in [7, 11) is 0. The maximum absolute atomic E-state index is 12.5. The van der Waals surface area contributed by atoms with Gasteiger partial charge in [0.1, 0.15) is 5.82 Å². The van der Waals surface area contributed by atoms with Gasteiger partial charge in [0.25, 0.3) is 0 Å². The molecule has 1 saturated heterocycles. The van der Waals surface area contributed by atoms with Crippen LogP contribution in [-0.2, 0) is 11.3 Å². The first kappa shape index (κ1) is 17.0. The van der Waals surface area contributed by atoms with E-state index in [-0.39, 0.29) is 11.8 Å². The number of thiazole rings is 1. The zero-order valence-corrected chi connectivity index (χ0v) is 15.3. The molecule has 0 aromatic carbocycles. The smallest absolute Gasteiger partial charge is 0.229 e. The van der Waals surface area contributed by atoms with E-state index >= 15 is 0 Å². The minimum Gasteiger partial charge on any atom is -0.310 e. The molecule has 0 spiro atoms. The number of hydrogen-bond donors (Lipinski definition) is 1. The Bertz CT molecular complexity index is 710. The van der Waals surface area contributed by atoms with Gasteiger partial charge >= 0.3 is 0 Å². The van der Waals surface area contributed by atoms with Gasteiger partial charge in [0.2, 0.25) is 5.91 Å². The summed E-state index contributed by atoms with van der Waals surface area (Å²) >= 11 is 1.76. The Morgan fingerprint density at radius 2 is 2.21 bits per heavy atom. The molecule has 1 aliphatic heterocycles. The van der Waals surface area contributed by atoms with Crippen molar-refractivity contribution in [3.63, 3.8) is 0 Å². The molecule has 1 N–H and O–H groups in total. The van der Waals surface area contributed by atoms with Crippen LogP contribution < -0.4 is 5.32 Å². The molecule has 2 aromatic rings. The zero-order chi connectivity index (χ0) is 17.1. The van der Waals surface area contributed by atoms with E-state index in [9.17, 15) is 4.79 Å². The Balaban J connectivity index is 1.59. The van der Waals surface area contributed by atoms with Crippen LogP contribution in [0.3, 0.4) is 0 Å². The highest BCUT2D eigenvalue weighted by Crippen LogP contribution is 2.24. The molecule has 3 heterocycles. The molecule has 5 nitrogen and oxygen atoms in total. The van der Waals surface area contributed by atoms with Gasteiger partial charge in [-0.1, -0.05) is 6.07 Å². The van der Waals surface area contributed by atoms with Crippen LogP contribution in [0.25, 0.3) is 0 Å². The lowest BCUT2D eigenvalue weighted by Crippen LogP contribution is -2.40. The Morgan fingerprint density at radius 3 is 2.88 bits per heavy atom. The standard InChI is InChI=1S/C18H24N4OS/c1-12-6-7-17(19-9-12)21-18(23)15-5-4-8-22(10-15)11-16-13(2)20-14(3)24-16/h6-7,9,15H,4-5,8,10-11H2,1-3H3,(H,19,21,23). The summed E-state index contributed by atoms with van der Waals surface area (Å²) in [6.07, 6.45) is 3.77. The third kappa shape index (κ3) is 4.19. The average Bonchev–Trinajstić information content (AvgIpc) is 2.87. The quantitative estimate of drug-likeness (QED) is 0.924. The number of nitrogens with one attached hydrogen (secondary N) is 1. The molecule has 1 aliphatic rings. The minimum absolute atomic E-state index is 0.0242. The summed E-state index contributed by atoms with van der Waals surface area (Å²) < 4.78 is 0. The molecule has 1 unspecified atom stereocenters.